The molecule has 0 spiro atoms. The van der Waals surface area contributed by atoms with Crippen LogP contribution in [0.4, 0.5) is 0 Å². The minimum Gasteiger partial charge on any atom is -0.461 e. The summed E-state index contributed by atoms with van der Waals surface area (Å²) >= 11 is 0. The van der Waals surface area contributed by atoms with Crippen LogP contribution in [-0.2, 0) is 6.54 Å². The van der Waals surface area contributed by atoms with Gasteiger partial charge in [-0.3, -0.25) is 0 Å². The molecule has 4 heteroatoms. The third kappa shape index (κ3) is 2.34. The summed E-state index contributed by atoms with van der Waals surface area (Å²) in [4.78, 5) is 4.71. The number of nitrogens with zero attached hydrogens (tertiary/aromatic N) is 2. The van der Waals surface area contributed by atoms with Gasteiger partial charge in [0.05, 0.1) is 17.3 Å². The van der Waals surface area contributed by atoms with Crippen LogP contribution >= 0.6 is 0 Å². The van der Waals surface area contributed by atoms with E-state index in [4.69, 9.17) is 15.1 Å². The van der Waals surface area contributed by atoms with E-state index in [-0.39, 0.29) is 0 Å². The van der Waals surface area contributed by atoms with E-state index in [1.54, 1.807) is 6.26 Å². The lowest BCUT2D eigenvalue weighted by molar-refractivity contribution is 0.563. The molecule has 0 saturated carbocycles. The molecule has 2 N–H and O–H groups in total. The molecule has 3 rings (SSSR count). The first-order chi connectivity index (χ1) is 9.79. The monoisotopic (exact) mass is 269 g/mol. The molecule has 0 aliphatic rings. The zero-order valence-electron chi connectivity index (χ0n) is 11.7. The lowest BCUT2D eigenvalue weighted by Crippen LogP contribution is -2.04. The Hall–Kier alpha value is -2.07. The van der Waals surface area contributed by atoms with E-state index in [1.807, 2.05) is 12.1 Å². The summed E-state index contributed by atoms with van der Waals surface area (Å²) in [5.74, 6) is 1.71. The summed E-state index contributed by atoms with van der Waals surface area (Å²) < 4.78 is 7.75. The molecule has 3 aromatic rings. The Balaban J connectivity index is 2.10. The Morgan fingerprint density at radius 2 is 2.15 bits per heavy atom. The van der Waals surface area contributed by atoms with Gasteiger partial charge in [0.25, 0.3) is 0 Å². The average Bonchev–Trinajstić information content (AvgIpc) is 3.07. The first-order valence-electron chi connectivity index (χ1n) is 7.00. The van der Waals surface area contributed by atoms with Gasteiger partial charge in [0.15, 0.2) is 11.6 Å². The lowest BCUT2D eigenvalue weighted by atomic mass is 10.2. The van der Waals surface area contributed by atoms with Gasteiger partial charge >= 0.3 is 0 Å². The Morgan fingerprint density at radius 3 is 2.90 bits per heavy atom. The van der Waals surface area contributed by atoms with Crippen molar-refractivity contribution in [1.82, 2.24) is 9.55 Å². The molecule has 4 nitrogen and oxygen atoms in total. The number of unbranched alkanes of at least 4 members (excludes halogenated alkanes) is 1. The zero-order valence-corrected chi connectivity index (χ0v) is 11.7. The molecule has 1 aromatic carbocycles. The summed E-state index contributed by atoms with van der Waals surface area (Å²) in [6, 6.07) is 10.2. The van der Waals surface area contributed by atoms with Gasteiger partial charge in [-0.05, 0) is 56.1 Å². The standard InChI is InChI=1S/C16H19N3O/c1-12-6-7-13-14(11-12)19(9-3-2-8-17)16(18-13)15-5-4-10-20-15/h4-7,10-11H,2-3,8-9,17H2,1H3. The minimum absolute atomic E-state index is 0.724. The number of aryl methyl sites for hydroxylation is 2. The molecule has 20 heavy (non-hydrogen) atoms. The molecule has 0 unspecified atom stereocenters. The first kappa shape index (κ1) is 12.9. The number of imidazole rings is 1. The number of rotatable bonds is 5. The predicted octanol–water partition coefficient (Wildman–Crippen LogP) is 3.34. The molecular weight excluding hydrogens is 250 g/mol. The maximum atomic E-state index is 5.59. The quantitative estimate of drug-likeness (QED) is 0.723. The molecular formula is C16H19N3O. The highest BCUT2D eigenvalue weighted by Gasteiger charge is 2.14. The predicted molar refractivity (Wildman–Crippen MR) is 80.5 cm³/mol. The van der Waals surface area contributed by atoms with Gasteiger partial charge in [-0.2, -0.15) is 0 Å². The Morgan fingerprint density at radius 1 is 1.25 bits per heavy atom. The second-order valence-electron chi connectivity index (χ2n) is 5.05. The summed E-state index contributed by atoms with van der Waals surface area (Å²) in [5, 5.41) is 0. The Labute approximate surface area is 118 Å². The third-order valence-electron chi connectivity index (χ3n) is 3.48. The zero-order chi connectivity index (χ0) is 13.9. The van der Waals surface area contributed by atoms with Crippen molar-refractivity contribution in [2.75, 3.05) is 6.54 Å². The van der Waals surface area contributed by atoms with Crippen LogP contribution in [0, 0.1) is 6.92 Å². The maximum Gasteiger partial charge on any atom is 0.177 e. The second-order valence-corrected chi connectivity index (χ2v) is 5.05. The van der Waals surface area contributed by atoms with Crippen molar-refractivity contribution in [3.05, 3.63) is 42.2 Å². The van der Waals surface area contributed by atoms with Crippen molar-refractivity contribution >= 4 is 11.0 Å². The number of fused-ring (bicyclic) bond motifs is 1. The van der Waals surface area contributed by atoms with Gasteiger partial charge in [-0.25, -0.2) is 4.98 Å². The Bertz CT molecular complexity index is 698. The van der Waals surface area contributed by atoms with Gasteiger partial charge < -0.3 is 14.7 Å². The van der Waals surface area contributed by atoms with E-state index in [2.05, 4.69) is 29.7 Å². The number of hydrogen-bond acceptors (Lipinski definition) is 3. The number of nitrogens with two attached hydrogens (primary N) is 1. The van der Waals surface area contributed by atoms with Crippen LogP contribution in [0.15, 0.2) is 41.0 Å². The smallest absolute Gasteiger partial charge is 0.177 e. The van der Waals surface area contributed by atoms with Gasteiger partial charge in [0.2, 0.25) is 0 Å². The van der Waals surface area contributed by atoms with Crippen LogP contribution in [0.3, 0.4) is 0 Å². The van der Waals surface area contributed by atoms with E-state index >= 15 is 0 Å². The third-order valence-corrected chi connectivity index (χ3v) is 3.48. The largest absolute Gasteiger partial charge is 0.461 e. The SMILES string of the molecule is Cc1ccc2nc(-c3ccco3)n(CCCCN)c2c1. The van der Waals surface area contributed by atoms with Crippen molar-refractivity contribution in [2.45, 2.75) is 26.3 Å². The number of furan rings is 1. The van der Waals surface area contributed by atoms with Crippen LogP contribution in [0.2, 0.25) is 0 Å². The van der Waals surface area contributed by atoms with Gasteiger partial charge in [-0.1, -0.05) is 6.07 Å². The van der Waals surface area contributed by atoms with Crippen LogP contribution in [0.1, 0.15) is 18.4 Å². The lowest BCUT2D eigenvalue weighted by Gasteiger charge is -2.07. The Kier molecular flexibility index (Phi) is 3.56. The molecule has 0 aliphatic carbocycles. The van der Waals surface area contributed by atoms with Crippen molar-refractivity contribution < 1.29 is 4.42 Å². The highest BCUT2D eigenvalue weighted by atomic mass is 16.3. The van der Waals surface area contributed by atoms with Gasteiger partial charge in [-0.15, -0.1) is 0 Å². The van der Waals surface area contributed by atoms with Gasteiger partial charge in [0, 0.05) is 6.54 Å². The number of benzene rings is 1. The van der Waals surface area contributed by atoms with Crippen LogP contribution in [0.25, 0.3) is 22.6 Å². The summed E-state index contributed by atoms with van der Waals surface area (Å²) in [7, 11) is 0. The summed E-state index contributed by atoms with van der Waals surface area (Å²) in [6.07, 6.45) is 3.75. The molecule has 0 amide bonds. The highest BCUT2D eigenvalue weighted by Crippen LogP contribution is 2.26. The minimum atomic E-state index is 0.724. The van der Waals surface area contributed by atoms with E-state index in [0.29, 0.717) is 0 Å². The highest BCUT2D eigenvalue weighted by molar-refractivity contribution is 5.80. The molecule has 0 fully saturated rings. The molecule has 0 radical (unpaired) electrons. The molecule has 0 saturated heterocycles. The van der Waals surface area contributed by atoms with E-state index < -0.39 is 0 Å². The van der Waals surface area contributed by atoms with Crippen LogP contribution in [-0.4, -0.2) is 16.1 Å². The average molecular weight is 269 g/mol. The molecule has 0 atom stereocenters. The molecule has 0 aliphatic heterocycles. The topological polar surface area (TPSA) is 57.0 Å². The maximum absolute atomic E-state index is 5.59. The number of hydrogen-bond donors (Lipinski definition) is 1. The first-order valence-corrected chi connectivity index (χ1v) is 7.00. The van der Waals surface area contributed by atoms with Gasteiger partial charge in [0.1, 0.15) is 0 Å². The number of aromatic nitrogens is 2. The van der Waals surface area contributed by atoms with Crippen LogP contribution in [0.5, 0.6) is 0 Å². The molecule has 0 bridgehead atoms. The van der Waals surface area contributed by atoms with Crippen molar-refractivity contribution in [3.8, 4) is 11.6 Å². The van der Waals surface area contributed by atoms with Crippen LogP contribution < -0.4 is 5.73 Å². The van der Waals surface area contributed by atoms with E-state index in [1.165, 1.54) is 5.56 Å². The fourth-order valence-corrected chi connectivity index (χ4v) is 2.47. The molecule has 2 aromatic heterocycles. The fraction of sp³-hybridized carbons (Fsp3) is 0.312. The van der Waals surface area contributed by atoms with E-state index in [9.17, 15) is 0 Å². The van der Waals surface area contributed by atoms with Crippen molar-refractivity contribution in [1.29, 1.82) is 0 Å². The molecule has 104 valence electrons. The van der Waals surface area contributed by atoms with Crippen molar-refractivity contribution in [3.63, 3.8) is 0 Å². The fourth-order valence-electron chi connectivity index (χ4n) is 2.47. The van der Waals surface area contributed by atoms with Crippen molar-refractivity contribution in [2.24, 2.45) is 5.73 Å². The molecule has 2 heterocycles. The second kappa shape index (κ2) is 5.51. The normalized spacial score (nSPS) is 11.3. The van der Waals surface area contributed by atoms with E-state index in [0.717, 1.165) is 48.5 Å². The summed E-state index contributed by atoms with van der Waals surface area (Å²) in [6.45, 7) is 3.73. The summed E-state index contributed by atoms with van der Waals surface area (Å²) in [5.41, 5.74) is 9.00.